The van der Waals surface area contributed by atoms with Crippen molar-refractivity contribution in [2.45, 2.75) is 39.3 Å². The first-order valence-electron chi connectivity index (χ1n) is 4.94. The lowest BCUT2D eigenvalue weighted by atomic mass is 10.1. The zero-order valence-electron chi connectivity index (χ0n) is 9.33. The Balaban J connectivity index is 2.53. The maximum Gasteiger partial charge on any atom is 0.237 e. The molecule has 0 aliphatic rings. The highest BCUT2D eigenvalue weighted by Crippen LogP contribution is 2.14. The number of aryl methyl sites for hydroxylation is 1. The fraction of sp³-hybridized carbons (Fsp3) is 0.600. The fourth-order valence-corrected chi connectivity index (χ4v) is 1.79. The van der Waals surface area contributed by atoms with Gasteiger partial charge in [-0.3, -0.25) is 10.1 Å². The standard InChI is InChI=1S/C10H17N3OS/c1-4-8-12-5-7(15-8)6-13-10(2,3)9(11)14/h5,13H,4,6H2,1-3H3,(H2,11,14). The summed E-state index contributed by atoms with van der Waals surface area (Å²) in [4.78, 5) is 16.4. The number of carbonyl (C=O) groups is 1. The van der Waals surface area contributed by atoms with Gasteiger partial charge in [-0.2, -0.15) is 0 Å². The van der Waals surface area contributed by atoms with Gasteiger partial charge in [-0.1, -0.05) is 6.92 Å². The van der Waals surface area contributed by atoms with Crippen molar-refractivity contribution in [2.24, 2.45) is 5.73 Å². The fourth-order valence-electron chi connectivity index (χ4n) is 0.988. The molecule has 3 N–H and O–H groups in total. The molecule has 1 rings (SSSR count). The van der Waals surface area contributed by atoms with E-state index in [0.29, 0.717) is 6.54 Å². The van der Waals surface area contributed by atoms with Gasteiger partial charge in [0.05, 0.1) is 10.5 Å². The van der Waals surface area contributed by atoms with Crippen molar-refractivity contribution in [1.82, 2.24) is 10.3 Å². The second-order valence-electron chi connectivity index (χ2n) is 3.92. The Labute approximate surface area is 93.9 Å². The Kier molecular flexibility index (Phi) is 3.82. The monoisotopic (exact) mass is 227 g/mol. The van der Waals surface area contributed by atoms with Crippen LogP contribution in [0.1, 0.15) is 30.7 Å². The van der Waals surface area contributed by atoms with Crippen LogP contribution in [0.3, 0.4) is 0 Å². The first-order chi connectivity index (χ1) is 6.95. The average Bonchev–Trinajstić information content (AvgIpc) is 2.62. The quantitative estimate of drug-likeness (QED) is 0.790. The van der Waals surface area contributed by atoms with Gasteiger partial charge in [0, 0.05) is 17.6 Å². The number of carbonyl (C=O) groups excluding carboxylic acids is 1. The highest BCUT2D eigenvalue weighted by molar-refractivity contribution is 7.11. The van der Waals surface area contributed by atoms with Crippen LogP contribution >= 0.6 is 11.3 Å². The number of aromatic nitrogens is 1. The normalized spacial score (nSPS) is 11.7. The zero-order valence-corrected chi connectivity index (χ0v) is 10.1. The minimum absolute atomic E-state index is 0.345. The Morgan fingerprint density at radius 3 is 2.80 bits per heavy atom. The second-order valence-corrected chi connectivity index (χ2v) is 5.12. The van der Waals surface area contributed by atoms with Crippen molar-refractivity contribution < 1.29 is 4.79 Å². The number of rotatable bonds is 5. The van der Waals surface area contributed by atoms with Gasteiger partial charge < -0.3 is 5.73 Å². The van der Waals surface area contributed by atoms with Crippen LogP contribution in [0.4, 0.5) is 0 Å². The van der Waals surface area contributed by atoms with Crippen molar-refractivity contribution in [3.63, 3.8) is 0 Å². The van der Waals surface area contributed by atoms with E-state index in [1.165, 1.54) is 0 Å². The SMILES string of the molecule is CCc1ncc(CNC(C)(C)C(N)=O)s1. The van der Waals surface area contributed by atoms with Gasteiger partial charge in [0.15, 0.2) is 0 Å². The summed E-state index contributed by atoms with van der Waals surface area (Å²) >= 11 is 1.66. The van der Waals surface area contributed by atoms with E-state index < -0.39 is 5.54 Å². The van der Waals surface area contributed by atoms with E-state index >= 15 is 0 Å². The molecule has 0 aliphatic carbocycles. The molecule has 5 heteroatoms. The highest BCUT2D eigenvalue weighted by Gasteiger charge is 2.23. The number of nitrogens with two attached hydrogens (primary N) is 1. The lowest BCUT2D eigenvalue weighted by molar-refractivity contribution is -0.123. The Bertz CT molecular complexity index is 346. The third kappa shape index (κ3) is 3.28. The third-order valence-electron chi connectivity index (χ3n) is 2.22. The Morgan fingerprint density at radius 2 is 2.33 bits per heavy atom. The van der Waals surface area contributed by atoms with E-state index in [9.17, 15) is 4.79 Å². The van der Waals surface area contributed by atoms with Crippen LogP contribution in [-0.2, 0) is 17.8 Å². The number of thiazole rings is 1. The predicted molar refractivity (Wildman–Crippen MR) is 61.6 cm³/mol. The van der Waals surface area contributed by atoms with Crippen LogP contribution in [-0.4, -0.2) is 16.4 Å². The van der Waals surface area contributed by atoms with E-state index in [1.54, 1.807) is 25.2 Å². The van der Waals surface area contributed by atoms with Crippen LogP contribution in [0.5, 0.6) is 0 Å². The molecule has 15 heavy (non-hydrogen) atoms. The number of nitrogens with zero attached hydrogens (tertiary/aromatic N) is 1. The first-order valence-corrected chi connectivity index (χ1v) is 5.76. The zero-order chi connectivity index (χ0) is 11.5. The molecule has 0 radical (unpaired) electrons. The summed E-state index contributed by atoms with van der Waals surface area (Å²) in [6.45, 7) is 6.26. The number of amides is 1. The lowest BCUT2D eigenvalue weighted by Gasteiger charge is -2.21. The van der Waals surface area contributed by atoms with Crippen molar-refractivity contribution in [3.05, 3.63) is 16.1 Å². The van der Waals surface area contributed by atoms with Crippen LogP contribution in [0.25, 0.3) is 0 Å². The summed E-state index contributed by atoms with van der Waals surface area (Å²) in [7, 11) is 0. The van der Waals surface area contributed by atoms with E-state index in [2.05, 4.69) is 17.2 Å². The van der Waals surface area contributed by atoms with Crippen LogP contribution in [0.15, 0.2) is 6.20 Å². The van der Waals surface area contributed by atoms with Crippen LogP contribution < -0.4 is 11.1 Å². The largest absolute Gasteiger partial charge is 0.368 e. The number of hydrogen-bond donors (Lipinski definition) is 2. The molecule has 4 nitrogen and oxygen atoms in total. The second kappa shape index (κ2) is 4.72. The molecular formula is C10H17N3OS. The maximum atomic E-state index is 11.1. The summed E-state index contributed by atoms with van der Waals surface area (Å²) in [6, 6.07) is 0. The molecule has 0 atom stereocenters. The van der Waals surface area contributed by atoms with Gasteiger partial charge in [-0.25, -0.2) is 4.98 Å². The number of primary amides is 1. The minimum atomic E-state index is -0.670. The summed E-state index contributed by atoms with van der Waals surface area (Å²) in [5, 5.41) is 4.22. The molecule has 84 valence electrons. The maximum absolute atomic E-state index is 11.1. The summed E-state index contributed by atoms with van der Waals surface area (Å²) in [5.74, 6) is -0.345. The lowest BCUT2D eigenvalue weighted by Crippen LogP contribution is -2.50. The van der Waals surface area contributed by atoms with Crippen LogP contribution in [0.2, 0.25) is 0 Å². The molecule has 1 amide bonds. The van der Waals surface area contributed by atoms with Crippen molar-refractivity contribution >= 4 is 17.2 Å². The van der Waals surface area contributed by atoms with Crippen molar-refractivity contribution in [3.8, 4) is 0 Å². The molecule has 1 aromatic rings. The highest BCUT2D eigenvalue weighted by atomic mass is 32.1. The Morgan fingerprint density at radius 1 is 1.67 bits per heavy atom. The van der Waals surface area contributed by atoms with E-state index in [4.69, 9.17) is 5.73 Å². The van der Waals surface area contributed by atoms with Gasteiger partial charge in [0.2, 0.25) is 5.91 Å². The molecule has 0 unspecified atom stereocenters. The topological polar surface area (TPSA) is 68.0 Å². The molecule has 0 saturated heterocycles. The molecule has 0 aromatic carbocycles. The average molecular weight is 227 g/mol. The molecule has 0 bridgehead atoms. The van der Waals surface area contributed by atoms with Gasteiger partial charge in [0.1, 0.15) is 0 Å². The molecule has 0 spiro atoms. The molecule has 0 aliphatic heterocycles. The third-order valence-corrected chi connectivity index (χ3v) is 3.37. The van der Waals surface area contributed by atoms with E-state index in [0.717, 1.165) is 16.3 Å². The smallest absolute Gasteiger partial charge is 0.237 e. The molecular weight excluding hydrogens is 210 g/mol. The number of nitrogens with one attached hydrogen (secondary N) is 1. The minimum Gasteiger partial charge on any atom is -0.368 e. The van der Waals surface area contributed by atoms with Gasteiger partial charge >= 0.3 is 0 Å². The van der Waals surface area contributed by atoms with E-state index in [-0.39, 0.29) is 5.91 Å². The predicted octanol–water partition coefficient (Wildman–Crippen LogP) is 1.06. The summed E-state index contributed by atoms with van der Waals surface area (Å²) < 4.78 is 0. The molecule has 1 aromatic heterocycles. The Hall–Kier alpha value is -0.940. The number of hydrogen-bond acceptors (Lipinski definition) is 4. The van der Waals surface area contributed by atoms with Crippen molar-refractivity contribution in [1.29, 1.82) is 0 Å². The molecule has 0 saturated carbocycles. The first kappa shape index (κ1) is 12.1. The molecule has 1 heterocycles. The van der Waals surface area contributed by atoms with Gasteiger partial charge in [0.25, 0.3) is 0 Å². The van der Waals surface area contributed by atoms with Crippen LogP contribution in [0, 0.1) is 0 Å². The van der Waals surface area contributed by atoms with Gasteiger partial charge in [-0.05, 0) is 20.3 Å². The van der Waals surface area contributed by atoms with E-state index in [1.807, 2.05) is 6.20 Å². The summed E-state index contributed by atoms with van der Waals surface area (Å²) in [6.07, 6.45) is 2.79. The van der Waals surface area contributed by atoms with Gasteiger partial charge in [-0.15, -0.1) is 11.3 Å². The van der Waals surface area contributed by atoms with Crippen molar-refractivity contribution in [2.75, 3.05) is 0 Å². The summed E-state index contributed by atoms with van der Waals surface area (Å²) in [5.41, 5.74) is 4.58. The molecule has 0 fully saturated rings.